The van der Waals surface area contributed by atoms with Gasteiger partial charge in [0.15, 0.2) is 0 Å². The van der Waals surface area contributed by atoms with Gasteiger partial charge in [-0.15, -0.1) is 23.2 Å². The summed E-state index contributed by atoms with van der Waals surface area (Å²) in [6, 6.07) is 22.2. The molecule has 0 spiro atoms. The Morgan fingerprint density at radius 1 is 0.969 bits per heavy atom. The number of halogens is 2. The van der Waals surface area contributed by atoms with Crippen molar-refractivity contribution >= 4 is 23.2 Å². The molecule has 1 fully saturated rings. The summed E-state index contributed by atoms with van der Waals surface area (Å²) in [4.78, 5) is 2.60. The maximum Gasteiger partial charge on any atom is 0.0587 e. The third-order valence-electron chi connectivity index (χ3n) is 6.51. The van der Waals surface area contributed by atoms with Crippen LogP contribution in [-0.4, -0.2) is 34.8 Å². The van der Waals surface area contributed by atoms with Crippen LogP contribution in [0.2, 0.25) is 0 Å². The molecular weight excluding hydrogens is 435 g/mol. The van der Waals surface area contributed by atoms with E-state index in [0.29, 0.717) is 6.04 Å². The second-order valence-electron chi connectivity index (χ2n) is 8.71. The minimum atomic E-state index is 0.167. The summed E-state index contributed by atoms with van der Waals surface area (Å²) >= 11 is 13.2. The van der Waals surface area contributed by atoms with Gasteiger partial charge in [0.2, 0.25) is 0 Å². The Balaban J connectivity index is 0.00000114. The third-order valence-corrected chi connectivity index (χ3v) is 7.49. The van der Waals surface area contributed by atoms with Gasteiger partial charge in [0.1, 0.15) is 0 Å². The van der Waals surface area contributed by atoms with Gasteiger partial charge in [0.05, 0.1) is 6.07 Å². The molecular formula is C28H38Cl2N2. The van der Waals surface area contributed by atoms with E-state index in [0.717, 1.165) is 45.2 Å². The maximum atomic E-state index is 7.32. The first kappa shape index (κ1) is 26.7. The van der Waals surface area contributed by atoms with E-state index in [1.54, 1.807) is 6.07 Å². The second-order valence-corrected chi connectivity index (χ2v) is 9.83. The molecule has 1 aliphatic carbocycles. The van der Waals surface area contributed by atoms with Crippen LogP contribution in [0.25, 0.3) is 0 Å². The molecule has 0 aromatic heterocycles. The Labute approximate surface area is 205 Å². The smallest absolute Gasteiger partial charge is 0.0587 e. The third kappa shape index (κ3) is 8.43. The summed E-state index contributed by atoms with van der Waals surface area (Å²) in [6.07, 6.45) is 6.71. The summed E-state index contributed by atoms with van der Waals surface area (Å²) < 4.78 is 0. The van der Waals surface area contributed by atoms with E-state index < -0.39 is 0 Å². The lowest BCUT2D eigenvalue weighted by Gasteiger charge is -2.32. The van der Waals surface area contributed by atoms with Crippen LogP contribution in [0, 0.1) is 11.3 Å². The highest BCUT2D eigenvalue weighted by Crippen LogP contribution is 2.39. The predicted octanol–water partition coefficient (Wildman–Crippen LogP) is 7.58. The van der Waals surface area contributed by atoms with E-state index in [1.165, 1.54) is 30.0 Å². The number of rotatable bonds is 9. The van der Waals surface area contributed by atoms with Crippen molar-refractivity contribution in [3.8, 4) is 6.07 Å². The van der Waals surface area contributed by atoms with Gasteiger partial charge in [0.25, 0.3) is 0 Å². The molecule has 1 saturated carbocycles. The molecule has 3 atom stereocenters. The Kier molecular flexibility index (Phi) is 12.2. The van der Waals surface area contributed by atoms with Crippen molar-refractivity contribution in [1.29, 1.82) is 5.26 Å². The van der Waals surface area contributed by atoms with Gasteiger partial charge in [-0.1, -0.05) is 67.9 Å². The largest absolute Gasteiger partial charge is 0.301 e. The molecule has 0 radical (unpaired) electrons. The van der Waals surface area contributed by atoms with Crippen LogP contribution >= 0.6 is 23.2 Å². The normalized spacial score (nSPS) is 21.3. The summed E-state index contributed by atoms with van der Waals surface area (Å²) in [5.74, 6) is 0.286. The predicted molar refractivity (Wildman–Crippen MR) is 139 cm³/mol. The van der Waals surface area contributed by atoms with Gasteiger partial charge >= 0.3 is 0 Å². The van der Waals surface area contributed by atoms with Crippen molar-refractivity contribution in [2.24, 2.45) is 0 Å². The zero-order chi connectivity index (χ0) is 23.3. The Bertz CT molecular complexity index is 790. The molecule has 0 bridgehead atoms. The van der Waals surface area contributed by atoms with Gasteiger partial charge < -0.3 is 4.90 Å². The zero-order valence-corrected chi connectivity index (χ0v) is 21.3. The molecule has 0 heterocycles. The lowest BCUT2D eigenvalue weighted by atomic mass is 9.83. The maximum absolute atomic E-state index is 7.32. The van der Waals surface area contributed by atoms with Crippen molar-refractivity contribution in [2.45, 2.75) is 82.0 Å². The molecule has 2 aromatic carbocycles. The summed E-state index contributed by atoms with van der Waals surface area (Å²) in [7, 11) is 0. The van der Waals surface area contributed by atoms with E-state index in [2.05, 4.69) is 73.3 Å². The first-order chi connectivity index (χ1) is 15.5. The van der Waals surface area contributed by atoms with E-state index in [9.17, 15) is 0 Å². The quantitative estimate of drug-likeness (QED) is 0.351. The van der Waals surface area contributed by atoms with Crippen LogP contribution in [0.3, 0.4) is 0 Å². The molecule has 32 heavy (non-hydrogen) atoms. The van der Waals surface area contributed by atoms with Crippen molar-refractivity contribution < 1.29 is 0 Å². The molecule has 3 unspecified atom stereocenters. The average Bonchev–Trinajstić information content (AvgIpc) is 2.80. The topological polar surface area (TPSA) is 27.0 Å². The number of likely N-dealkylation sites (N-methyl/N-ethyl adjacent to an activating group) is 1. The molecule has 2 aromatic rings. The minimum Gasteiger partial charge on any atom is -0.301 e. The van der Waals surface area contributed by atoms with Gasteiger partial charge in [-0.3, -0.25) is 0 Å². The van der Waals surface area contributed by atoms with Gasteiger partial charge in [-0.05, 0) is 62.3 Å². The molecule has 0 amide bonds. The highest BCUT2D eigenvalue weighted by Gasteiger charge is 2.32. The van der Waals surface area contributed by atoms with Gasteiger partial charge in [-0.2, -0.15) is 5.26 Å². The van der Waals surface area contributed by atoms with E-state index in [4.69, 9.17) is 28.5 Å². The Morgan fingerprint density at radius 2 is 1.53 bits per heavy atom. The molecule has 3 rings (SSSR count). The van der Waals surface area contributed by atoms with E-state index in [1.807, 2.05) is 0 Å². The minimum absolute atomic E-state index is 0.167. The number of hydrogen-bond acceptors (Lipinski definition) is 2. The summed E-state index contributed by atoms with van der Waals surface area (Å²) in [6.45, 7) is 8.28. The molecule has 0 aliphatic heterocycles. The highest BCUT2D eigenvalue weighted by atomic mass is 35.5. The lowest BCUT2D eigenvalue weighted by molar-refractivity contribution is 0.212. The lowest BCUT2D eigenvalue weighted by Crippen LogP contribution is -2.35. The first-order valence-corrected chi connectivity index (χ1v) is 12.8. The van der Waals surface area contributed by atoms with E-state index >= 15 is 0 Å². The summed E-state index contributed by atoms with van der Waals surface area (Å²) in [5.41, 5.74) is 4.14. The van der Waals surface area contributed by atoms with Crippen molar-refractivity contribution in [2.75, 3.05) is 13.1 Å². The molecule has 0 saturated heterocycles. The molecule has 2 nitrogen and oxygen atoms in total. The standard InChI is InChI=1S/C26H35Cl2N.C2H3N/c1-3-29(19-18-21-8-5-4-6-9-21)20(2)12-13-22-14-16-23(17-15-22)26-24(27)10-7-11-25(26)28;1-2-3/h4-6,8-9,14-17,20,24-26H,3,7,10-13,18-19H2,1-2H3;1H3. The van der Waals surface area contributed by atoms with Gasteiger partial charge in [-0.25, -0.2) is 0 Å². The number of nitrogens with zero attached hydrogens (tertiary/aromatic N) is 2. The van der Waals surface area contributed by atoms with Crippen LogP contribution in [0.15, 0.2) is 54.6 Å². The SMILES string of the molecule is CC#N.CCN(CCc1ccccc1)C(C)CCc1ccc(C2C(Cl)CCCC2Cl)cc1. The number of hydrogen-bond donors (Lipinski definition) is 0. The Hall–Kier alpha value is -1.53. The second kappa shape index (κ2) is 14.6. The van der Waals surface area contributed by atoms with Crippen LogP contribution in [0.5, 0.6) is 0 Å². The number of benzene rings is 2. The monoisotopic (exact) mass is 472 g/mol. The van der Waals surface area contributed by atoms with Crippen molar-refractivity contribution in [3.63, 3.8) is 0 Å². The molecule has 0 N–H and O–H groups in total. The van der Waals surface area contributed by atoms with Crippen molar-refractivity contribution in [3.05, 3.63) is 71.3 Å². The van der Waals surface area contributed by atoms with E-state index in [-0.39, 0.29) is 16.7 Å². The van der Waals surface area contributed by atoms with Crippen LogP contribution < -0.4 is 0 Å². The molecule has 4 heteroatoms. The van der Waals surface area contributed by atoms with Crippen molar-refractivity contribution in [1.82, 2.24) is 4.90 Å². The number of alkyl halides is 2. The molecule has 1 aliphatic rings. The number of nitriles is 1. The zero-order valence-electron chi connectivity index (χ0n) is 19.8. The fourth-order valence-corrected chi connectivity index (χ4v) is 5.61. The average molecular weight is 474 g/mol. The summed E-state index contributed by atoms with van der Waals surface area (Å²) in [5, 5.41) is 7.65. The van der Waals surface area contributed by atoms with Crippen LogP contribution in [0.4, 0.5) is 0 Å². The fraction of sp³-hybridized carbons (Fsp3) is 0.536. The highest BCUT2D eigenvalue weighted by molar-refractivity contribution is 6.24. The Morgan fingerprint density at radius 3 is 2.09 bits per heavy atom. The van der Waals surface area contributed by atoms with Crippen LogP contribution in [-0.2, 0) is 12.8 Å². The van der Waals surface area contributed by atoms with Gasteiger partial charge in [0, 0.05) is 36.2 Å². The fourth-order valence-electron chi connectivity index (χ4n) is 4.58. The molecule has 174 valence electrons. The number of aryl methyl sites for hydroxylation is 1. The van der Waals surface area contributed by atoms with Crippen LogP contribution in [0.1, 0.15) is 69.1 Å². The first-order valence-electron chi connectivity index (χ1n) is 12.0.